The summed E-state index contributed by atoms with van der Waals surface area (Å²) in [5.74, 6) is 0.484. The van der Waals surface area contributed by atoms with E-state index in [9.17, 15) is 9.59 Å². The molecule has 0 unspecified atom stereocenters. The van der Waals surface area contributed by atoms with Crippen LogP contribution in [-0.4, -0.2) is 43.4 Å². The average molecular weight is 252 g/mol. The van der Waals surface area contributed by atoms with Crippen molar-refractivity contribution in [3.05, 3.63) is 0 Å². The van der Waals surface area contributed by atoms with Gasteiger partial charge in [-0.1, -0.05) is 0 Å². The fourth-order valence-electron chi connectivity index (χ4n) is 3.55. The first-order chi connectivity index (χ1) is 8.67. The van der Waals surface area contributed by atoms with Gasteiger partial charge in [0.15, 0.2) is 0 Å². The minimum Gasteiger partial charge on any atom is -0.444 e. The highest BCUT2D eigenvalue weighted by Crippen LogP contribution is 2.57. The van der Waals surface area contributed by atoms with Crippen LogP contribution in [0.3, 0.4) is 0 Å². The molecule has 2 aliphatic heterocycles. The molecule has 5 atom stereocenters. The Morgan fingerprint density at radius 2 is 2.33 bits per heavy atom. The minimum absolute atomic E-state index is 0.0438. The van der Waals surface area contributed by atoms with Gasteiger partial charge in [-0.3, -0.25) is 4.79 Å². The third-order valence-electron chi connectivity index (χ3n) is 4.76. The van der Waals surface area contributed by atoms with Crippen molar-refractivity contribution in [3.8, 4) is 0 Å². The number of fused-ring (bicyclic) bond motifs is 3. The monoisotopic (exact) mass is 252 g/mol. The van der Waals surface area contributed by atoms with Gasteiger partial charge in [-0.15, -0.1) is 0 Å². The first kappa shape index (κ1) is 10.6. The van der Waals surface area contributed by atoms with Crippen LogP contribution in [-0.2, 0) is 14.3 Å². The standard InChI is InChI=1S/C12H16N2O4/c15-10(12-3-6(12)4-17-5-12)14-8-1-7-2-9(8)18-11(16)13-7/h6-9H,1-5H2,(H,13,16)(H,14,15)/t6-,7-,8-,9-,12-/m1/s1. The molecular formula is C12H16N2O4. The SMILES string of the molecule is O=C1N[C@@H]2C[C@@H](NC(=O)[C@]34COC[C@H]3C4)[C@@H](C2)O1. The molecular weight excluding hydrogens is 236 g/mol. The second kappa shape index (κ2) is 3.38. The fraction of sp³-hybridized carbons (Fsp3) is 0.833. The molecule has 4 fully saturated rings. The average Bonchev–Trinajstić information content (AvgIpc) is 2.77. The number of alkyl carbamates (subject to hydrolysis) is 1. The second-order valence-corrected chi connectivity index (χ2v) is 5.91. The maximum absolute atomic E-state index is 12.3. The largest absolute Gasteiger partial charge is 0.444 e. The smallest absolute Gasteiger partial charge is 0.407 e. The van der Waals surface area contributed by atoms with Crippen LogP contribution in [0.1, 0.15) is 19.3 Å². The molecule has 2 N–H and O–H groups in total. The highest BCUT2D eigenvalue weighted by atomic mass is 16.6. The lowest BCUT2D eigenvalue weighted by Gasteiger charge is -2.24. The van der Waals surface area contributed by atoms with Gasteiger partial charge in [0.1, 0.15) is 6.10 Å². The van der Waals surface area contributed by atoms with Gasteiger partial charge in [0.2, 0.25) is 5.91 Å². The van der Waals surface area contributed by atoms with E-state index in [-0.39, 0.29) is 35.6 Å². The Kier molecular flexibility index (Phi) is 1.99. The quantitative estimate of drug-likeness (QED) is 0.712. The van der Waals surface area contributed by atoms with Crippen molar-refractivity contribution in [1.29, 1.82) is 0 Å². The Morgan fingerprint density at radius 3 is 3.06 bits per heavy atom. The first-order valence-electron chi connectivity index (χ1n) is 6.53. The Morgan fingerprint density at radius 1 is 1.44 bits per heavy atom. The summed E-state index contributed by atoms with van der Waals surface area (Å²) in [5.41, 5.74) is -0.270. The number of ether oxygens (including phenoxy) is 2. The molecule has 2 aliphatic carbocycles. The summed E-state index contributed by atoms with van der Waals surface area (Å²) in [6.07, 6.45) is 1.98. The summed E-state index contributed by atoms with van der Waals surface area (Å²) in [6, 6.07) is 0.103. The molecule has 0 aromatic carbocycles. The number of rotatable bonds is 2. The van der Waals surface area contributed by atoms with Crippen LogP contribution in [0, 0.1) is 11.3 Å². The molecule has 2 saturated carbocycles. The number of amides is 2. The van der Waals surface area contributed by atoms with E-state index >= 15 is 0 Å². The zero-order valence-electron chi connectivity index (χ0n) is 9.98. The Hall–Kier alpha value is -1.30. The van der Waals surface area contributed by atoms with Crippen LogP contribution >= 0.6 is 0 Å². The molecule has 0 aromatic rings. The molecule has 0 spiro atoms. The van der Waals surface area contributed by atoms with E-state index < -0.39 is 0 Å². The van der Waals surface area contributed by atoms with Crippen molar-refractivity contribution in [3.63, 3.8) is 0 Å². The Labute approximate surface area is 104 Å². The summed E-state index contributed by atoms with van der Waals surface area (Å²) >= 11 is 0. The number of hydrogen-bond donors (Lipinski definition) is 2. The number of hydrogen-bond acceptors (Lipinski definition) is 4. The van der Waals surface area contributed by atoms with Crippen molar-refractivity contribution in [2.24, 2.45) is 11.3 Å². The van der Waals surface area contributed by atoms with Gasteiger partial charge < -0.3 is 20.1 Å². The fourth-order valence-corrected chi connectivity index (χ4v) is 3.55. The topological polar surface area (TPSA) is 76.7 Å². The highest BCUT2D eigenvalue weighted by Gasteiger charge is 2.64. The number of nitrogens with one attached hydrogen (secondary N) is 2. The molecule has 4 rings (SSSR count). The van der Waals surface area contributed by atoms with Crippen LogP contribution < -0.4 is 10.6 Å². The number of carbonyl (C=O) groups excluding carboxylic acids is 2. The zero-order valence-corrected chi connectivity index (χ0v) is 9.98. The zero-order chi connectivity index (χ0) is 12.3. The third kappa shape index (κ3) is 1.38. The van der Waals surface area contributed by atoms with Gasteiger partial charge in [-0.05, 0) is 12.8 Å². The van der Waals surface area contributed by atoms with Gasteiger partial charge in [0.25, 0.3) is 0 Å². The molecule has 0 aromatic heterocycles. The molecule has 6 nitrogen and oxygen atoms in total. The summed E-state index contributed by atoms with van der Waals surface area (Å²) in [4.78, 5) is 23.5. The van der Waals surface area contributed by atoms with E-state index in [1.54, 1.807) is 0 Å². The van der Waals surface area contributed by atoms with Crippen molar-refractivity contribution in [2.75, 3.05) is 13.2 Å². The van der Waals surface area contributed by atoms with Crippen molar-refractivity contribution < 1.29 is 19.1 Å². The maximum Gasteiger partial charge on any atom is 0.407 e. The van der Waals surface area contributed by atoms with Crippen molar-refractivity contribution in [1.82, 2.24) is 10.6 Å². The van der Waals surface area contributed by atoms with E-state index in [1.165, 1.54) is 0 Å². The van der Waals surface area contributed by atoms with Crippen LogP contribution in [0.15, 0.2) is 0 Å². The molecule has 4 aliphatic rings. The van der Waals surface area contributed by atoms with Gasteiger partial charge in [0.05, 0.1) is 24.7 Å². The summed E-state index contributed by atoms with van der Waals surface area (Å²) < 4.78 is 10.5. The molecule has 98 valence electrons. The minimum atomic E-state index is -0.361. The lowest BCUT2D eigenvalue weighted by molar-refractivity contribution is -0.128. The Bertz CT molecular complexity index is 426. The van der Waals surface area contributed by atoms with E-state index in [2.05, 4.69) is 10.6 Å². The molecule has 2 amide bonds. The summed E-state index contributed by atoms with van der Waals surface area (Å²) in [6.45, 7) is 1.25. The molecule has 2 heterocycles. The van der Waals surface area contributed by atoms with Gasteiger partial charge in [-0.2, -0.15) is 0 Å². The molecule has 2 bridgehead atoms. The maximum atomic E-state index is 12.3. The molecule has 6 heteroatoms. The van der Waals surface area contributed by atoms with E-state index in [0.29, 0.717) is 19.1 Å². The normalized spacial score (nSPS) is 48.1. The lowest BCUT2D eigenvalue weighted by Crippen LogP contribution is -2.46. The van der Waals surface area contributed by atoms with Crippen LogP contribution in [0.25, 0.3) is 0 Å². The highest BCUT2D eigenvalue weighted by molar-refractivity contribution is 5.87. The van der Waals surface area contributed by atoms with Crippen molar-refractivity contribution in [2.45, 2.75) is 37.5 Å². The lowest BCUT2D eigenvalue weighted by atomic mass is 10.0. The van der Waals surface area contributed by atoms with Gasteiger partial charge in [0, 0.05) is 18.4 Å². The predicted molar refractivity (Wildman–Crippen MR) is 59.7 cm³/mol. The van der Waals surface area contributed by atoms with E-state index in [0.717, 1.165) is 19.3 Å². The van der Waals surface area contributed by atoms with Gasteiger partial charge >= 0.3 is 6.09 Å². The first-order valence-corrected chi connectivity index (χ1v) is 6.53. The van der Waals surface area contributed by atoms with E-state index in [4.69, 9.17) is 9.47 Å². The molecule has 2 saturated heterocycles. The summed E-state index contributed by atoms with van der Waals surface area (Å²) in [7, 11) is 0. The van der Waals surface area contributed by atoms with E-state index in [1.807, 2.05) is 0 Å². The summed E-state index contributed by atoms with van der Waals surface area (Å²) in [5, 5.41) is 5.82. The Balaban J connectivity index is 1.43. The van der Waals surface area contributed by atoms with Crippen molar-refractivity contribution >= 4 is 12.0 Å². The third-order valence-corrected chi connectivity index (χ3v) is 4.76. The second-order valence-electron chi connectivity index (χ2n) is 5.91. The molecule has 0 radical (unpaired) electrons. The van der Waals surface area contributed by atoms with Gasteiger partial charge in [-0.25, -0.2) is 4.79 Å². The number of carbonyl (C=O) groups is 2. The predicted octanol–water partition coefficient (Wildman–Crippen LogP) is -0.222. The van der Waals surface area contributed by atoms with Crippen LogP contribution in [0.2, 0.25) is 0 Å². The van der Waals surface area contributed by atoms with Crippen LogP contribution in [0.5, 0.6) is 0 Å². The molecule has 18 heavy (non-hydrogen) atoms. The van der Waals surface area contributed by atoms with Crippen LogP contribution in [0.4, 0.5) is 4.79 Å².